The number of carbonyl (C=O) groups excluding carboxylic acids is 2. The summed E-state index contributed by atoms with van der Waals surface area (Å²) in [7, 11) is 0. The number of rotatable bonds is 5. The van der Waals surface area contributed by atoms with Crippen molar-refractivity contribution in [3.05, 3.63) is 0 Å². The van der Waals surface area contributed by atoms with Crippen molar-refractivity contribution < 1.29 is 14.7 Å². The second-order valence-electron chi connectivity index (χ2n) is 7.27. The molecule has 3 N–H and O–H groups in total. The zero-order chi connectivity index (χ0) is 16.1. The van der Waals surface area contributed by atoms with Crippen molar-refractivity contribution >= 4 is 11.8 Å². The minimum Gasteiger partial charge on any atom is -0.388 e. The first-order valence-corrected chi connectivity index (χ1v) is 7.92. The zero-order valence-electron chi connectivity index (χ0n) is 13.8. The molecule has 0 bridgehead atoms. The predicted molar refractivity (Wildman–Crippen MR) is 82.7 cm³/mol. The Kier molecular flexibility index (Phi) is 6.20. The molecule has 122 valence electrons. The summed E-state index contributed by atoms with van der Waals surface area (Å²) in [5.41, 5.74) is -0.527. The summed E-state index contributed by atoms with van der Waals surface area (Å²) in [4.78, 5) is 22.7. The maximum atomic E-state index is 11.6. The zero-order valence-corrected chi connectivity index (χ0v) is 13.8. The van der Waals surface area contributed by atoms with Gasteiger partial charge in [0.1, 0.15) is 0 Å². The van der Waals surface area contributed by atoms with Gasteiger partial charge in [-0.1, -0.05) is 27.7 Å². The molecule has 0 atom stereocenters. The highest BCUT2D eigenvalue weighted by molar-refractivity contribution is 5.84. The number of nitrogens with one attached hydrogen (secondary N) is 2. The molecule has 1 saturated carbocycles. The van der Waals surface area contributed by atoms with Crippen LogP contribution in [0.25, 0.3) is 0 Å². The first kappa shape index (κ1) is 18.0. The lowest BCUT2D eigenvalue weighted by Gasteiger charge is -2.41. The second-order valence-corrected chi connectivity index (χ2v) is 7.27. The molecule has 5 heteroatoms. The first-order chi connectivity index (χ1) is 9.66. The van der Waals surface area contributed by atoms with Crippen LogP contribution >= 0.6 is 0 Å². The van der Waals surface area contributed by atoms with Crippen molar-refractivity contribution in [3.63, 3.8) is 0 Å². The van der Waals surface area contributed by atoms with Crippen LogP contribution in [0.3, 0.4) is 0 Å². The van der Waals surface area contributed by atoms with E-state index in [9.17, 15) is 14.7 Å². The van der Waals surface area contributed by atoms with Crippen LogP contribution in [0.4, 0.5) is 0 Å². The summed E-state index contributed by atoms with van der Waals surface area (Å²) in [5, 5.41) is 15.8. The lowest BCUT2D eigenvalue weighted by Crippen LogP contribution is -2.48. The van der Waals surface area contributed by atoms with Crippen LogP contribution in [-0.2, 0) is 9.59 Å². The van der Waals surface area contributed by atoms with E-state index < -0.39 is 5.60 Å². The fourth-order valence-electron chi connectivity index (χ4n) is 2.83. The Bertz CT molecular complexity index is 366. The second kappa shape index (κ2) is 7.25. The van der Waals surface area contributed by atoms with Crippen molar-refractivity contribution in [2.24, 2.45) is 11.3 Å². The van der Waals surface area contributed by atoms with E-state index in [0.29, 0.717) is 12.3 Å². The highest BCUT2D eigenvalue weighted by Gasteiger charge is 2.37. The number of carbonyl (C=O) groups is 2. The van der Waals surface area contributed by atoms with Crippen molar-refractivity contribution in [2.45, 2.75) is 65.4 Å². The largest absolute Gasteiger partial charge is 0.388 e. The normalized spacial score (nSPS) is 26.2. The maximum Gasteiger partial charge on any atom is 0.239 e. The number of aliphatic hydroxyl groups is 1. The molecule has 21 heavy (non-hydrogen) atoms. The Morgan fingerprint density at radius 2 is 1.71 bits per heavy atom. The van der Waals surface area contributed by atoms with E-state index in [1.807, 2.05) is 0 Å². The van der Waals surface area contributed by atoms with Crippen LogP contribution in [0.1, 0.15) is 59.8 Å². The molecule has 0 radical (unpaired) electrons. The molecule has 0 aromatic rings. The van der Waals surface area contributed by atoms with E-state index in [1.54, 1.807) is 6.92 Å². The van der Waals surface area contributed by atoms with E-state index in [2.05, 4.69) is 31.4 Å². The molecule has 0 unspecified atom stereocenters. The maximum absolute atomic E-state index is 11.6. The van der Waals surface area contributed by atoms with Gasteiger partial charge in [0, 0.05) is 13.0 Å². The highest BCUT2D eigenvalue weighted by atomic mass is 16.3. The van der Waals surface area contributed by atoms with Crippen LogP contribution in [0.5, 0.6) is 0 Å². The SMILES string of the molecule is CCC(=O)NCC(=O)NCC1(O)CCC(C(C)(C)C)CC1. The fraction of sp³-hybridized carbons (Fsp3) is 0.875. The van der Waals surface area contributed by atoms with E-state index in [1.165, 1.54) is 0 Å². The highest BCUT2D eigenvalue weighted by Crippen LogP contribution is 2.41. The molecule has 2 amide bonds. The Morgan fingerprint density at radius 3 is 2.19 bits per heavy atom. The third kappa shape index (κ3) is 6.04. The number of hydrogen-bond donors (Lipinski definition) is 3. The molecule has 0 aromatic carbocycles. The van der Waals surface area contributed by atoms with Crippen molar-refractivity contribution in [3.8, 4) is 0 Å². The van der Waals surface area contributed by atoms with Gasteiger partial charge in [0.15, 0.2) is 0 Å². The Hall–Kier alpha value is -1.10. The standard InChI is InChI=1S/C16H30N2O3/c1-5-13(19)17-10-14(20)18-11-16(21)8-6-12(7-9-16)15(2,3)4/h12,21H,5-11H2,1-4H3,(H,17,19)(H,18,20). The van der Waals surface area contributed by atoms with Gasteiger partial charge in [-0.2, -0.15) is 0 Å². The van der Waals surface area contributed by atoms with Gasteiger partial charge in [-0.15, -0.1) is 0 Å². The van der Waals surface area contributed by atoms with Crippen molar-refractivity contribution in [1.82, 2.24) is 10.6 Å². The van der Waals surface area contributed by atoms with Crippen LogP contribution in [0.15, 0.2) is 0 Å². The summed E-state index contributed by atoms with van der Waals surface area (Å²) in [6, 6.07) is 0. The van der Waals surface area contributed by atoms with Gasteiger partial charge in [0.05, 0.1) is 12.1 Å². The first-order valence-electron chi connectivity index (χ1n) is 7.92. The van der Waals surface area contributed by atoms with Crippen LogP contribution in [0, 0.1) is 11.3 Å². The van der Waals surface area contributed by atoms with Crippen molar-refractivity contribution in [2.75, 3.05) is 13.1 Å². The van der Waals surface area contributed by atoms with E-state index in [-0.39, 0.29) is 30.3 Å². The fourth-order valence-corrected chi connectivity index (χ4v) is 2.83. The molecule has 0 heterocycles. The lowest BCUT2D eigenvalue weighted by molar-refractivity contribution is -0.126. The van der Waals surface area contributed by atoms with E-state index in [0.717, 1.165) is 25.7 Å². The van der Waals surface area contributed by atoms with Gasteiger partial charge in [0.2, 0.25) is 11.8 Å². The molecule has 0 aromatic heterocycles. The molecule has 1 fully saturated rings. The summed E-state index contributed by atoms with van der Waals surface area (Å²) in [5.74, 6) is 0.232. The molecular formula is C16H30N2O3. The Labute approximate surface area is 127 Å². The van der Waals surface area contributed by atoms with Gasteiger partial charge in [-0.3, -0.25) is 9.59 Å². The third-order valence-electron chi connectivity index (χ3n) is 4.52. The molecule has 0 aliphatic heterocycles. The quantitative estimate of drug-likeness (QED) is 0.721. The smallest absolute Gasteiger partial charge is 0.239 e. The van der Waals surface area contributed by atoms with Crippen LogP contribution in [-0.4, -0.2) is 35.6 Å². The molecular weight excluding hydrogens is 268 g/mol. The average Bonchev–Trinajstić information content (AvgIpc) is 2.42. The Balaban J connectivity index is 2.32. The minimum atomic E-state index is -0.799. The molecule has 1 aliphatic carbocycles. The Morgan fingerprint density at radius 1 is 1.14 bits per heavy atom. The minimum absolute atomic E-state index is 0.0205. The van der Waals surface area contributed by atoms with Crippen molar-refractivity contribution in [1.29, 1.82) is 0 Å². The lowest BCUT2D eigenvalue weighted by atomic mass is 9.68. The van der Waals surface area contributed by atoms with Crippen LogP contribution < -0.4 is 10.6 Å². The van der Waals surface area contributed by atoms with Gasteiger partial charge >= 0.3 is 0 Å². The van der Waals surface area contributed by atoms with E-state index in [4.69, 9.17) is 0 Å². The van der Waals surface area contributed by atoms with Gasteiger partial charge in [-0.05, 0) is 37.0 Å². The average molecular weight is 298 g/mol. The number of hydrogen-bond acceptors (Lipinski definition) is 3. The number of amides is 2. The molecule has 1 aliphatic rings. The topological polar surface area (TPSA) is 78.4 Å². The molecule has 0 saturated heterocycles. The molecule has 5 nitrogen and oxygen atoms in total. The summed E-state index contributed by atoms with van der Waals surface area (Å²) in [6.45, 7) is 8.70. The summed E-state index contributed by atoms with van der Waals surface area (Å²) in [6.07, 6.45) is 3.78. The summed E-state index contributed by atoms with van der Waals surface area (Å²) >= 11 is 0. The van der Waals surface area contributed by atoms with Gasteiger partial charge in [-0.25, -0.2) is 0 Å². The van der Waals surface area contributed by atoms with E-state index >= 15 is 0 Å². The van der Waals surface area contributed by atoms with Gasteiger partial charge in [0.25, 0.3) is 0 Å². The summed E-state index contributed by atoms with van der Waals surface area (Å²) < 4.78 is 0. The monoisotopic (exact) mass is 298 g/mol. The third-order valence-corrected chi connectivity index (χ3v) is 4.52. The predicted octanol–water partition coefficient (Wildman–Crippen LogP) is 1.60. The van der Waals surface area contributed by atoms with Gasteiger partial charge < -0.3 is 15.7 Å². The molecule has 1 rings (SSSR count). The molecule has 0 spiro atoms. The van der Waals surface area contributed by atoms with Crippen LogP contribution in [0.2, 0.25) is 0 Å².